The highest BCUT2D eigenvalue weighted by Gasteiger charge is 2.18. The predicted octanol–water partition coefficient (Wildman–Crippen LogP) is 2.65. The normalized spacial score (nSPS) is 11.9. The molecular formula is C17H19NO3. The summed E-state index contributed by atoms with van der Waals surface area (Å²) in [6.45, 7) is 1.02. The molecule has 0 saturated carbocycles. The number of hydrogen-bond acceptors (Lipinski definition) is 3. The van der Waals surface area contributed by atoms with Gasteiger partial charge in [0.25, 0.3) is 0 Å². The molecule has 0 spiro atoms. The van der Waals surface area contributed by atoms with E-state index in [4.69, 9.17) is 4.74 Å². The lowest BCUT2D eigenvalue weighted by atomic mass is 9.99. The molecular weight excluding hydrogens is 266 g/mol. The molecule has 2 rings (SSSR count). The summed E-state index contributed by atoms with van der Waals surface area (Å²) in [5.74, 6) is -0.542. The Balaban J connectivity index is 1.92. The number of ether oxygens (including phenoxy) is 1. The van der Waals surface area contributed by atoms with Gasteiger partial charge in [-0.25, -0.2) is 0 Å². The third-order valence-electron chi connectivity index (χ3n) is 3.34. The lowest BCUT2D eigenvalue weighted by Gasteiger charge is -2.14. The minimum Gasteiger partial charge on any atom is -0.497 e. The van der Waals surface area contributed by atoms with Gasteiger partial charge in [0.15, 0.2) is 0 Å². The second kappa shape index (κ2) is 7.45. The zero-order chi connectivity index (χ0) is 15.1. The minimum absolute atomic E-state index is 0.394. The monoisotopic (exact) mass is 285 g/mol. The first-order valence-electron chi connectivity index (χ1n) is 6.82. The van der Waals surface area contributed by atoms with Gasteiger partial charge in [-0.15, -0.1) is 0 Å². The van der Waals surface area contributed by atoms with Crippen LogP contribution in [-0.4, -0.2) is 24.7 Å². The highest BCUT2D eigenvalue weighted by atomic mass is 16.5. The number of carboxylic acids is 1. The summed E-state index contributed by atoms with van der Waals surface area (Å²) in [4.78, 5) is 11.4. The largest absolute Gasteiger partial charge is 0.497 e. The molecule has 0 radical (unpaired) electrons. The molecule has 2 aromatic rings. The van der Waals surface area contributed by atoms with Crippen LogP contribution < -0.4 is 10.1 Å². The van der Waals surface area contributed by atoms with Crippen molar-refractivity contribution in [1.29, 1.82) is 0 Å². The van der Waals surface area contributed by atoms with E-state index in [2.05, 4.69) is 5.32 Å². The number of benzene rings is 2. The Morgan fingerprint density at radius 2 is 1.81 bits per heavy atom. The van der Waals surface area contributed by atoms with Crippen molar-refractivity contribution >= 4 is 5.97 Å². The molecule has 0 bridgehead atoms. The molecule has 110 valence electrons. The number of carbonyl (C=O) groups is 1. The Labute approximate surface area is 124 Å². The lowest BCUT2D eigenvalue weighted by molar-refractivity contribution is -0.138. The van der Waals surface area contributed by atoms with Gasteiger partial charge in [-0.3, -0.25) is 4.79 Å². The summed E-state index contributed by atoms with van der Waals surface area (Å²) in [7, 11) is 1.63. The molecule has 0 amide bonds. The van der Waals surface area contributed by atoms with Gasteiger partial charge in [-0.2, -0.15) is 0 Å². The van der Waals surface area contributed by atoms with Crippen molar-refractivity contribution in [1.82, 2.24) is 5.32 Å². The fourth-order valence-corrected chi connectivity index (χ4v) is 2.14. The Bertz CT molecular complexity index is 566. The van der Waals surface area contributed by atoms with Crippen LogP contribution in [0.25, 0.3) is 0 Å². The van der Waals surface area contributed by atoms with Crippen molar-refractivity contribution in [3.05, 3.63) is 65.7 Å². The number of aliphatic carboxylic acids is 1. The number of carboxylic acid groups (broad SMARTS) is 1. The lowest BCUT2D eigenvalue weighted by Crippen LogP contribution is -2.26. The number of methoxy groups -OCH3 is 1. The van der Waals surface area contributed by atoms with E-state index in [1.54, 1.807) is 7.11 Å². The molecule has 0 heterocycles. The van der Waals surface area contributed by atoms with E-state index in [9.17, 15) is 9.90 Å². The molecule has 4 nitrogen and oxygen atoms in total. The van der Waals surface area contributed by atoms with Crippen LogP contribution in [0.3, 0.4) is 0 Å². The van der Waals surface area contributed by atoms with Crippen molar-refractivity contribution in [2.45, 2.75) is 12.5 Å². The Morgan fingerprint density at radius 3 is 2.38 bits per heavy atom. The van der Waals surface area contributed by atoms with Gasteiger partial charge in [-0.05, 0) is 23.3 Å². The van der Waals surface area contributed by atoms with Crippen molar-refractivity contribution < 1.29 is 14.6 Å². The summed E-state index contributed by atoms with van der Waals surface area (Å²) in [6, 6.07) is 17.0. The molecule has 21 heavy (non-hydrogen) atoms. The van der Waals surface area contributed by atoms with Crippen molar-refractivity contribution in [3.8, 4) is 5.75 Å². The standard InChI is InChI=1S/C17H19NO3/c1-21-15-9-7-13(8-10-15)11-18-12-16(17(19)20)14-5-3-2-4-6-14/h2-10,16,18H,11-12H2,1H3,(H,19,20). The Kier molecular flexibility index (Phi) is 5.35. The van der Waals surface area contributed by atoms with E-state index >= 15 is 0 Å². The summed E-state index contributed by atoms with van der Waals surface area (Å²) < 4.78 is 5.10. The van der Waals surface area contributed by atoms with Crippen LogP contribution in [-0.2, 0) is 11.3 Å². The zero-order valence-electron chi connectivity index (χ0n) is 12.0. The molecule has 2 aromatic carbocycles. The fourth-order valence-electron chi connectivity index (χ4n) is 2.14. The maximum Gasteiger partial charge on any atom is 0.312 e. The molecule has 1 unspecified atom stereocenters. The number of rotatable bonds is 7. The van der Waals surface area contributed by atoms with Crippen LogP contribution in [0.15, 0.2) is 54.6 Å². The smallest absolute Gasteiger partial charge is 0.312 e. The van der Waals surface area contributed by atoms with Crippen LogP contribution in [0.2, 0.25) is 0 Å². The van der Waals surface area contributed by atoms with E-state index in [1.165, 1.54) is 0 Å². The first kappa shape index (κ1) is 15.1. The van der Waals surface area contributed by atoms with Crippen molar-refractivity contribution in [3.63, 3.8) is 0 Å². The second-order valence-electron chi connectivity index (χ2n) is 4.78. The van der Waals surface area contributed by atoms with Crippen LogP contribution in [0.4, 0.5) is 0 Å². The van der Waals surface area contributed by atoms with Crippen molar-refractivity contribution in [2.24, 2.45) is 0 Å². The van der Waals surface area contributed by atoms with Gasteiger partial charge in [0.2, 0.25) is 0 Å². The topological polar surface area (TPSA) is 58.6 Å². The Morgan fingerprint density at radius 1 is 1.14 bits per heavy atom. The predicted molar refractivity (Wildman–Crippen MR) is 81.5 cm³/mol. The molecule has 2 N–H and O–H groups in total. The molecule has 4 heteroatoms. The number of nitrogens with one attached hydrogen (secondary N) is 1. The van der Waals surface area contributed by atoms with Crippen LogP contribution >= 0.6 is 0 Å². The number of hydrogen-bond donors (Lipinski definition) is 2. The van der Waals surface area contributed by atoms with Gasteiger partial charge in [-0.1, -0.05) is 42.5 Å². The van der Waals surface area contributed by atoms with Gasteiger partial charge in [0.1, 0.15) is 5.75 Å². The Hall–Kier alpha value is -2.33. The molecule has 0 aromatic heterocycles. The highest BCUT2D eigenvalue weighted by molar-refractivity contribution is 5.76. The average Bonchev–Trinajstić information content (AvgIpc) is 2.52. The first-order chi connectivity index (χ1) is 10.2. The van der Waals surface area contributed by atoms with Crippen LogP contribution in [0.1, 0.15) is 17.0 Å². The van der Waals surface area contributed by atoms with E-state index in [0.29, 0.717) is 13.1 Å². The SMILES string of the molecule is COc1ccc(CNCC(C(=O)O)c2ccccc2)cc1. The third-order valence-corrected chi connectivity index (χ3v) is 3.34. The van der Waals surface area contributed by atoms with Crippen LogP contribution in [0.5, 0.6) is 5.75 Å². The molecule has 0 aliphatic rings. The minimum atomic E-state index is -0.816. The van der Waals surface area contributed by atoms with E-state index in [-0.39, 0.29) is 0 Å². The average molecular weight is 285 g/mol. The molecule has 0 aliphatic heterocycles. The van der Waals surface area contributed by atoms with Gasteiger partial charge in [0, 0.05) is 13.1 Å². The fraction of sp³-hybridized carbons (Fsp3) is 0.235. The summed E-state index contributed by atoms with van der Waals surface area (Å²) in [5.41, 5.74) is 1.90. The molecule has 0 aliphatic carbocycles. The van der Waals surface area contributed by atoms with E-state index < -0.39 is 11.9 Å². The second-order valence-corrected chi connectivity index (χ2v) is 4.78. The third kappa shape index (κ3) is 4.33. The first-order valence-corrected chi connectivity index (χ1v) is 6.82. The highest BCUT2D eigenvalue weighted by Crippen LogP contribution is 2.15. The quantitative estimate of drug-likeness (QED) is 0.821. The van der Waals surface area contributed by atoms with Crippen molar-refractivity contribution in [2.75, 3.05) is 13.7 Å². The summed E-state index contributed by atoms with van der Waals surface area (Å²) in [5, 5.41) is 12.5. The van der Waals surface area contributed by atoms with Crippen LogP contribution in [0, 0.1) is 0 Å². The molecule has 0 saturated heterocycles. The molecule has 0 fully saturated rings. The molecule has 1 atom stereocenters. The maximum atomic E-state index is 11.4. The van der Waals surface area contributed by atoms with Gasteiger partial charge in [0.05, 0.1) is 13.0 Å². The van der Waals surface area contributed by atoms with Gasteiger partial charge >= 0.3 is 5.97 Å². The van der Waals surface area contributed by atoms with E-state index in [0.717, 1.165) is 16.9 Å². The summed E-state index contributed by atoms with van der Waals surface area (Å²) >= 11 is 0. The van der Waals surface area contributed by atoms with E-state index in [1.807, 2.05) is 54.6 Å². The summed E-state index contributed by atoms with van der Waals surface area (Å²) in [6.07, 6.45) is 0. The van der Waals surface area contributed by atoms with Gasteiger partial charge < -0.3 is 15.2 Å². The maximum absolute atomic E-state index is 11.4. The zero-order valence-corrected chi connectivity index (χ0v) is 12.0.